The van der Waals surface area contributed by atoms with Crippen LogP contribution >= 0.6 is 11.8 Å². The summed E-state index contributed by atoms with van der Waals surface area (Å²) < 4.78 is 0. The van der Waals surface area contributed by atoms with Crippen molar-refractivity contribution in [2.75, 3.05) is 45.9 Å². The summed E-state index contributed by atoms with van der Waals surface area (Å²) in [7, 11) is 0. The molecule has 0 aromatic carbocycles. The molecule has 0 aromatic heterocycles. The maximum atomic E-state index is 13.0. The number of thioether (sulfide) groups is 1. The van der Waals surface area contributed by atoms with E-state index in [0.717, 1.165) is 13.1 Å². The molecule has 4 heterocycles. The Labute approximate surface area is 191 Å². The van der Waals surface area contributed by atoms with E-state index in [1.807, 2.05) is 11.8 Å². The van der Waals surface area contributed by atoms with E-state index < -0.39 is 18.0 Å². The molecule has 5 unspecified atom stereocenters. The second-order valence-electron chi connectivity index (χ2n) is 9.10. The Kier molecular flexibility index (Phi) is 6.83. The van der Waals surface area contributed by atoms with Crippen molar-refractivity contribution < 1.29 is 29.7 Å². The number of aliphatic hydroxyl groups excluding tert-OH is 2. The molecule has 0 bridgehead atoms. The highest BCUT2D eigenvalue weighted by Crippen LogP contribution is 2.51. The first-order valence-electron chi connectivity index (χ1n) is 11.2. The number of hydrogen-bond acceptors (Lipinski definition) is 8. The fourth-order valence-electron chi connectivity index (χ4n) is 5.39. The van der Waals surface area contributed by atoms with Crippen molar-refractivity contribution in [3.63, 3.8) is 0 Å². The maximum absolute atomic E-state index is 13.0. The number of β-lactam (4-membered cyclic amide) rings is 1. The zero-order valence-corrected chi connectivity index (χ0v) is 19.3. The number of carbonyl (C=O) groups excluding carboxylic acids is 2. The zero-order valence-electron chi connectivity index (χ0n) is 18.4. The predicted molar refractivity (Wildman–Crippen MR) is 118 cm³/mol. The molecule has 0 spiro atoms. The number of nitrogens with one attached hydrogen (secondary N) is 1. The second-order valence-corrected chi connectivity index (χ2v) is 10.4. The van der Waals surface area contributed by atoms with Gasteiger partial charge in [0.1, 0.15) is 5.70 Å². The van der Waals surface area contributed by atoms with Crippen molar-refractivity contribution in [2.24, 2.45) is 11.8 Å². The first kappa shape index (κ1) is 23.5. The summed E-state index contributed by atoms with van der Waals surface area (Å²) in [5.41, 5.74) is 0.0316. The normalized spacial score (nSPS) is 34.0. The topological polar surface area (TPSA) is 134 Å². The fraction of sp³-hybridized carbons (Fsp3) is 0.762. The van der Waals surface area contributed by atoms with Crippen LogP contribution in [0.4, 0.5) is 0 Å². The predicted octanol–water partition coefficient (Wildman–Crippen LogP) is -1.26. The smallest absolute Gasteiger partial charge is 0.353 e. The van der Waals surface area contributed by atoms with Gasteiger partial charge < -0.3 is 30.4 Å². The number of piperazine rings is 1. The summed E-state index contributed by atoms with van der Waals surface area (Å²) in [6.45, 7) is 7.59. The monoisotopic (exact) mass is 468 g/mol. The molecule has 6 atom stereocenters. The molecule has 0 radical (unpaired) electrons. The molecule has 0 aromatic rings. The number of aliphatic carboxylic acids is 1. The second kappa shape index (κ2) is 9.30. The number of fused-ring (bicyclic) bond motifs is 1. The summed E-state index contributed by atoms with van der Waals surface area (Å²) >= 11 is 1.45. The third-order valence-electron chi connectivity index (χ3n) is 7.09. The Balaban J connectivity index is 1.38. The van der Waals surface area contributed by atoms with Crippen LogP contribution in [0.2, 0.25) is 0 Å². The lowest BCUT2D eigenvalue weighted by Crippen LogP contribution is -2.63. The van der Waals surface area contributed by atoms with Crippen LogP contribution in [0.5, 0.6) is 0 Å². The number of carboxylic acids is 1. The van der Waals surface area contributed by atoms with Crippen molar-refractivity contribution in [3.05, 3.63) is 10.6 Å². The lowest BCUT2D eigenvalue weighted by atomic mass is 9.79. The van der Waals surface area contributed by atoms with E-state index in [1.54, 1.807) is 6.92 Å². The molecule has 178 valence electrons. The summed E-state index contributed by atoms with van der Waals surface area (Å²) in [6.07, 6.45) is -0.222. The van der Waals surface area contributed by atoms with Gasteiger partial charge >= 0.3 is 5.97 Å². The van der Waals surface area contributed by atoms with Gasteiger partial charge in [0.25, 0.3) is 0 Å². The van der Waals surface area contributed by atoms with Crippen LogP contribution < -0.4 is 5.32 Å². The summed E-state index contributed by atoms with van der Waals surface area (Å²) in [5, 5.41) is 32.2. The minimum absolute atomic E-state index is 0.0316. The molecule has 32 heavy (non-hydrogen) atoms. The highest BCUT2D eigenvalue weighted by Gasteiger charge is 2.60. The maximum Gasteiger partial charge on any atom is 0.353 e. The third kappa shape index (κ3) is 4.05. The van der Waals surface area contributed by atoms with Crippen molar-refractivity contribution in [1.82, 2.24) is 20.0 Å². The summed E-state index contributed by atoms with van der Waals surface area (Å²) in [4.78, 5) is 43.4. The standard InChI is InChI=1S/C21H32N4O6S/c1-11-16-15(12(2)27)20(29)25(16)17(21(30)31)18(11)32-13-9-14(22-10-13)19(28)24-5-3-23(4-6-24)7-8-26/h11-16,22,26-27H,3-10H2,1-2H3,(H,30,31)/t11?,12?,13?,14?,15?,16-/m1/s1. The van der Waals surface area contributed by atoms with Crippen molar-refractivity contribution in [1.29, 1.82) is 0 Å². The summed E-state index contributed by atoms with van der Waals surface area (Å²) in [6, 6.07) is -0.621. The van der Waals surface area contributed by atoms with Crippen LogP contribution in [0.3, 0.4) is 0 Å². The number of aliphatic hydroxyl groups is 2. The third-order valence-corrected chi connectivity index (χ3v) is 8.61. The minimum atomic E-state index is -1.13. The molecule has 3 fully saturated rings. The molecule has 4 N–H and O–H groups in total. The number of hydrogen-bond donors (Lipinski definition) is 4. The molecule has 11 heteroatoms. The lowest BCUT2D eigenvalue weighted by Gasteiger charge is -2.46. The lowest BCUT2D eigenvalue weighted by molar-refractivity contribution is -0.163. The van der Waals surface area contributed by atoms with Gasteiger partial charge in [-0.1, -0.05) is 6.92 Å². The van der Waals surface area contributed by atoms with E-state index in [4.69, 9.17) is 5.11 Å². The molecular formula is C21H32N4O6S. The van der Waals surface area contributed by atoms with Gasteiger partial charge in [0.2, 0.25) is 11.8 Å². The molecule has 4 rings (SSSR count). The van der Waals surface area contributed by atoms with E-state index >= 15 is 0 Å². The van der Waals surface area contributed by atoms with Crippen LogP contribution in [-0.4, -0.2) is 117 Å². The molecule has 4 aliphatic heterocycles. The highest BCUT2D eigenvalue weighted by atomic mass is 32.2. The van der Waals surface area contributed by atoms with E-state index in [2.05, 4.69) is 10.2 Å². The first-order valence-corrected chi connectivity index (χ1v) is 12.1. The highest BCUT2D eigenvalue weighted by molar-refractivity contribution is 8.03. The van der Waals surface area contributed by atoms with Crippen molar-refractivity contribution >= 4 is 29.5 Å². The van der Waals surface area contributed by atoms with Gasteiger partial charge in [0, 0.05) is 55.3 Å². The number of carbonyl (C=O) groups is 3. The average Bonchev–Trinajstić information content (AvgIpc) is 3.30. The zero-order chi connectivity index (χ0) is 23.2. The number of nitrogens with zero attached hydrogens (tertiary/aromatic N) is 3. The molecule has 0 saturated carbocycles. The molecule has 2 amide bonds. The van der Waals surface area contributed by atoms with E-state index in [9.17, 15) is 24.6 Å². The van der Waals surface area contributed by atoms with Gasteiger partial charge in [-0.25, -0.2) is 4.79 Å². The van der Waals surface area contributed by atoms with Crippen molar-refractivity contribution in [3.8, 4) is 0 Å². The Morgan fingerprint density at radius 1 is 1.25 bits per heavy atom. The van der Waals surface area contributed by atoms with Crippen LogP contribution in [0.25, 0.3) is 0 Å². The molecule has 4 aliphatic rings. The SMILES string of the molecule is CC(O)C1C(=O)N2C(C(=O)O)=C(SC3CNC(C(=O)N4CCN(CCO)CC4)C3)C(C)[C@H]12. The summed E-state index contributed by atoms with van der Waals surface area (Å²) in [5.74, 6) is -2.13. The van der Waals surface area contributed by atoms with Gasteiger partial charge in [-0.3, -0.25) is 14.5 Å². The number of rotatable bonds is 7. The van der Waals surface area contributed by atoms with Gasteiger partial charge in [-0.2, -0.15) is 0 Å². The van der Waals surface area contributed by atoms with Crippen LogP contribution in [0.15, 0.2) is 10.6 Å². The van der Waals surface area contributed by atoms with Crippen LogP contribution in [0.1, 0.15) is 20.3 Å². The van der Waals surface area contributed by atoms with Gasteiger partial charge in [-0.15, -0.1) is 11.8 Å². The van der Waals surface area contributed by atoms with Crippen LogP contribution in [0, 0.1) is 11.8 Å². The Bertz CT molecular complexity index is 812. The van der Waals surface area contributed by atoms with Crippen molar-refractivity contribution in [2.45, 2.75) is 43.7 Å². The first-order chi connectivity index (χ1) is 15.2. The van der Waals surface area contributed by atoms with Gasteiger partial charge in [-0.05, 0) is 13.3 Å². The van der Waals surface area contributed by atoms with Crippen LogP contribution in [-0.2, 0) is 14.4 Å². The Hall–Kier alpha value is -1.66. The fourth-order valence-corrected chi connectivity index (χ4v) is 6.87. The molecule has 3 saturated heterocycles. The van der Waals surface area contributed by atoms with E-state index in [1.165, 1.54) is 16.7 Å². The van der Waals surface area contributed by atoms with Gasteiger partial charge in [0.05, 0.1) is 30.7 Å². The molecular weight excluding hydrogens is 436 g/mol. The minimum Gasteiger partial charge on any atom is -0.477 e. The largest absolute Gasteiger partial charge is 0.477 e. The number of amides is 2. The Morgan fingerprint density at radius 3 is 2.53 bits per heavy atom. The number of β-amino-alcohol motifs (C(OH)–C–C–N with tert-alkyl or cyclic N) is 1. The molecule has 10 nitrogen and oxygen atoms in total. The quantitative estimate of drug-likeness (QED) is 0.338. The van der Waals surface area contributed by atoms with E-state index in [0.29, 0.717) is 37.5 Å². The van der Waals surface area contributed by atoms with E-state index in [-0.39, 0.29) is 47.4 Å². The van der Waals surface area contributed by atoms with Gasteiger partial charge in [0.15, 0.2) is 0 Å². The molecule has 0 aliphatic carbocycles. The Morgan fingerprint density at radius 2 is 1.94 bits per heavy atom. The average molecular weight is 469 g/mol. The number of carboxylic acid groups (broad SMARTS) is 1.